The number of amides is 1. The molecule has 0 radical (unpaired) electrons. The average molecular weight is 515 g/mol. The normalized spacial score (nSPS) is 17.1. The lowest BCUT2D eigenvalue weighted by Crippen LogP contribution is -2.50. The van der Waals surface area contributed by atoms with Crippen LogP contribution in [0.5, 0.6) is 5.75 Å². The molecule has 184 valence electrons. The molecule has 5 rings (SSSR count). The number of carbonyl (C=O) groups is 1. The van der Waals surface area contributed by atoms with E-state index in [4.69, 9.17) is 16.3 Å². The Balaban J connectivity index is 1.42. The minimum absolute atomic E-state index is 0.00851. The summed E-state index contributed by atoms with van der Waals surface area (Å²) in [5.41, 5.74) is -2.88. The summed E-state index contributed by atoms with van der Waals surface area (Å²) >= 11 is 6.12. The molecule has 1 spiro atoms. The summed E-state index contributed by atoms with van der Waals surface area (Å²) in [6.07, 6.45) is -7.61. The van der Waals surface area contributed by atoms with Gasteiger partial charge in [0.2, 0.25) is 0 Å². The van der Waals surface area contributed by atoms with Gasteiger partial charge in [0.05, 0.1) is 22.5 Å². The topological polar surface area (TPSA) is 34.5 Å². The molecule has 1 saturated heterocycles. The van der Waals surface area contributed by atoms with E-state index in [0.29, 0.717) is 35.7 Å². The zero-order valence-electron chi connectivity index (χ0n) is 17.9. The highest BCUT2D eigenvalue weighted by molar-refractivity contribution is 6.30. The fourth-order valence-corrected chi connectivity index (χ4v) is 4.85. The summed E-state index contributed by atoms with van der Waals surface area (Å²) < 4.78 is 87.6. The van der Waals surface area contributed by atoms with E-state index in [1.165, 1.54) is 4.90 Å². The molecule has 3 heterocycles. The lowest BCUT2D eigenvalue weighted by Gasteiger charge is -2.45. The Morgan fingerprint density at radius 2 is 1.54 bits per heavy atom. The van der Waals surface area contributed by atoms with Crippen LogP contribution in [0.25, 0.3) is 5.69 Å². The molecule has 1 aromatic heterocycles. The van der Waals surface area contributed by atoms with Crippen molar-refractivity contribution in [1.82, 2.24) is 9.47 Å². The number of carbonyl (C=O) groups excluding carboxylic acids is 1. The fourth-order valence-electron chi connectivity index (χ4n) is 4.68. The van der Waals surface area contributed by atoms with Crippen LogP contribution in [0.4, 0.5) is 26.3 Å². The van der Waals surface area contributed by atoms with Crippen molar-refractivity contribution in [1.29, 1.82) is 0 Å². The van der Waals surface area contributed by atoms with Crippen LogP contribution in [0, 0.1) is 0 Å². The first-order valence-electron chi connectivity index (χ1n) is 10.6. The number of fused-ring (bicyclic) bond motifs is 4. The van der Waals surface area contributed by atoms with Gasteiger partial charge in [-0.25, -0.2) is 0 Å². The fraction of sp³-hybridized carbons (Fsp3) is 0.292. The molecular weight excluding hydrogens is 498 g/mol. The van der Waals surface area contributed by atoms with Crippen LogP contribution >= 0.6 is 11.6 Å². The number of piperidine rings is 1. The molecule has 4 nitrogen and oxygen atoms in total. The largest absolute Gasteiger partial charge is 0.479 e. The molecule has 1 amide bonds. The third kappa shape index (κ3) is 4.13. The Kier molecular flexibility index (Phi) is 5.35. The minimum atomic E-state index is -5.03. The van der Waals surface area contributed by atoms with E-state index in [1.807, 2.05) is 29.0 Å². The molecule has 2 aliphatic rings. The quantitative estimate of drug-likeness (QED) is 0.339. The summed E-state index contributed by atoms with van der Waals surface area (Å²) in [7, 11) is 0. The molecule has 0 unspecified atom stereocenters. The van der Waals surface area contributed by atoms with Crippen molar-refractivity contribution >= 4 is 17.5 Å². The molecular formula is C24H17ClF6N2O2. The monoisotopic (exact) mass is 514 g/mol. The molecule has 3 aromatic rings. The highest BCUT2D eigenvalue weighted by Crippen LogP contribution is 2.46. The molecule has 0 atom stereocenters. The maximum absolute atomic E-state index is 13.2. The van der Waals surface area contributed by atoms with Gasteiger partial charge in [0.15, 0.2) is 5.60 Å². The van der Waals surface area contributed by atoms with Gasteiger partial charge in [-0.3, -0.25) is 4.79 Å². The van der Waals surface area contributed by atoms with Gasteiger partial charge in [-0.2, -0.15) is 26.3 Å². The van der Waals surface area contributed by atoms with Gasteiger partial charge in [-0.15, -0.1) is 0 Å². The number of rotatable bonds is 1. The Morgan fingerprint density at radius 3 is 2.14 bits per heavy atom. The maximum Gasteiger partial charge on any atom is 0.416 e. The van der Waals surface area contributed by atoms with Gasteiger partial charge >= 0.3 is 12.4 Å². The highest BCUT2D eigenvalue weighted by atomic mass is 35.5. The molecule has 35 heavy (non-hydrogen) atoms. The van der Waals surface area contributed by atoms with Crippen LogP contribution in [0.3, 0.4) is 0 Å². The number of hydrogen-bond donors (Lipinski definition) is 0. The van der Waals surface area contributed by atoms with E-state index in [-0.39, 0.29) is 19.2 Å². The predicted octanol–water partition coefficient (Wildman–Crippen LogP) is 6.69. The number of alkyl halides is 6. The van der Waals surface area contributed by atoms with Crippen molar-refractivity contribution in [2.24, 2.45) is 0 Å². The lowest BCUT2D eigenvalue weighted by atomic mass is 9.86. The standard InChI is InChI=1S/C24H17ClF6N2O2/c25-17-3-4-18-19(13-17)35-22(20-2-1-7-33(18)20)5-8-32(9-6-22)21(34)14-10-15(23(26,27)28)12-16(11-14)24(29,30)31/h1-4,7,10-13H,5-6,8-9H2. The number of nitrogens with zero attached hydrogens (tertiary/aromatic N) is 2. The summed E-state index contributed by atoms with van der Waals surface area (Å²) in [5.74, 6) is -0.347. The first kappa shape index (κ1) is 23.6. The van der Waals surface area contributed by atoms with Crippen LogP contribution in [0.1, 0.15) is 40.0 Å². The van der Waals surface area contributed by atoms with Crippen molar-refractivity contribution in [2.45, 2.75) is 30.8 Å². The van der Waals surface area contributed by atoms with E-state index >= 15 is 0 Å². The van der Waals surface area contributed by atoms with Gasteiger partial charge in [-0.1, -0.05) is 11.6 Å². The summed E-state index contributed by atoms with van der Waals surface area (Å²) in [4.78, 5) is 14.3. The van der Waals surface area contributed by atoms with E-state index in [1.54, 1.807) is 12.1 Å². The smallest absolute Gasteiger partial charge is 0.416 e. The minimum Gasteiger partial charge on any atom is -0.479 e. The summed E-state index contributed by atoms with van der Waals surface area (Å²) in [5, 5.41) is 0.479. The third-order valence-electron chi connectivity index (χ3n) is 6.40. The van der Waals surface area contributed by atoms with Crippen molar-refractivity contribution in [3.05, 3.63) is 82.1 Å². The summed E-state index contributed by atoms with van der Waals surface area (Å²) in [6.45, 7) is 0.162. The molecule has 0 saturated carbocycles. The lowest BCUT2D eigenvalue weighted by molar-refractivity contribution is -0.143. The van der Waals surface area contributed by atoms with Crippen LogP contribution in [-0.2, 0) is 18.0 Å². The van der Waals surface area contributed by atoms with Gasteiger partial charge in [0, 0.05) is 48.8 Å². The second kappa shape index (κ2) is 7.94. The van der Waals surface area contributed by atoms with Crippen molar-refractivity contribution in [3.63, 3.8) is 0 Å². The van der Waals surface area contributed by atoms with E-state index in [0.717, 1.165) is 11.4 Å². The number of halogens is 7. The van der Waals surface area contributed by atoms with Gasteiger partial charge in [-0.05, 0) is 42.5 Å². The Hall–Kier alpha value is -3.14. The van der Waals surface area contributed by atoms with E-state index in [2.05, 4.69) is 0 Å². The van der Waals surface area contributed by atoms with Crippen LogP contribution in [0.15, 0.2) is 54.7 Å². The first-order valence-corrected chi connectivity index (χ1v) is 11.0. The molecule has 2 aliphatic heterocycles. The molecule has 0 aliphatic carbocycles. The number of likely N-dealkylation sites (tertiary alicyclic amines) is 1. The second-order valence-corrected chi connectivity index (χ2v) is 9.00. The van der Waals surface area contributed by atoms with Crippen LogP contribution in [0.2, 0.25) is 5.02 Å². The summed E-state index contributed by atoms with van der Waals surface area (Å²) in [6, 6.07) is 9.90. The molecule has 0 N–H and O–H groups in total. The zero-order valence-corrected chi connectivity index (χ0v) is 18.6. The number of benzene rings is 2. The molecule has 11 heteroatoms. The Labute approximate surface area is 200 Å². The Morgan fingerprint density at radius 1 is 0.914 bits per heavy atom. The van der Waals surface area contributed by atoms with E-state index in [9.17, 15) is 31.1 Å². The highest BCUT2D eigenvalue weighted by Gasteiger charge is 2.45. The average Bonchev–Trinajstić information content (AvgIpc) is 3.29. The maximum atomic E-state index is 13.2. The van der Waals surface area contributed by atoms with Gasteiger partial charge in [0.1, 0.15) is 5.75 Å². The van der Waals surface area contributed by atoms with Crippen molar-refractivity contribution in [2.75, 3.05) is 13.1 Å². The molecule has 1 fully saturated rings. The molecule has 0 bridgehead atoms. The SMILES string of the molecule is O=C(c1cc(C(F)(F)F)cc(C(F)(F)F)c1)N1CCC2(CC1)Oc1cc(Cl)ccc1-n1cccc12. The van der Waals surface area contributed by atoms with Crippen LogP contribution < -0.4 is 4.74 Å². The van der Waals surface area contributed by atoms with Crippen molar-refractivity contribution < 1.29 is 35.9 Å². The van der Waals surface area contributed by atoms with Gasteiger partial charge < -0.3 is 14.2 Å². The zero-order chi connectivity index (χ0) is 25.2. The number of aromatic nitrogens is 1. The third-order valence-corrected chi connectivity index (χ3v) is 6.63. The van der Waals surface area contributed by atoms with Crippen LogP contribution in [-0.4, -0.2) is 28.5 Å². The predicted molar refractivity (Wildman–Crippen MR) is 115 cm³/mol. The molecule has 2 aromatic carbocycles. The second-order valence-electron chi connectivity index (χ2n) is 8.56. The number of ether oxygens (including phenoxy) is 1. The Bertz CT molecular complexity index is 1270. The number of hydrogen-bond acceptors (Lipinski definition) is 2. The van der Waals surface area contributed by atoms with Crippen molar-refractivity contribution in [3.8, 4) is 11.4 Å². The van der Waals surface area contributed by atoms with Gasteiger partial charge in [0.25, 0.3) is 5.91 Å². The van der Waals surface area contributed by atoms with E-state index < -0.39 is 40.6 Å². The first-order chi connectivity index (χ1) is 16.4.